The molecule has 1 N–H and O–H groups in total. The van der Waals surface area contributed by atoms with Gasteiger partial charge in [0.25, 0.3) is 0 Å². The summed E-state index contributed by atoms with van der Waals surface area (Å²) in [7, 11) is 1.61. The molecule has 6 nitrogen and oxygen atoms in total. The predicted octanol–water partition coefficient (Wildman–Crippen LogP) is 8.28. The number of benzene rings is 3. The van der Waals surface area contributed by atoms with E-state index in [9.17, 15) is 0 Å². The number of aromatic nitrogens is 1. The number of fused-ring (bicyclic) bond motifs is 1. The summed E-state index contributed by atoms with van der Waals surface area (Å²) < 4.78 is 19.7. The quantitative estimate of drug-likeness (QED) is 0.174. The number of halogens is 3. The molecule has 0 amide bonds. The van der Waals surface area contributed by atoms with Crippen molar-refractivity contribution in [2.45, 2.75) is 6.61 Å². The van der Waals surface area contributed by atoms with Crippen LogP contribution in [0.1, 0.15) is 11.3 Å². The van der Waals surface area contributed by atoms with Crippen LogP contribution in [0, 0.1) is 0 Å². The molecule has 0 fully saturated rings. The molecule has 0 unspecified atom stereocenters. The van der Waals surface area contributed by atoms with E-state index >= 15 is 0 Å². The van der Waals surface area contributed by atoms with E-state index in [1.807, 2.05) is 53.9 Å². The number of nitrogens with zero attached hydrogens (tertiary/aromatic N) is 3. The molecular weight excluding hydrogens is 606 g/mol. The number of thiazole rings is 1. The zero-order chi connectivity index (χ0) is 23.5. The second-order valence-corrected chi connectivity index (χ2v) is 10.3. The van der Waals surface area contributed by atoms with Crippen molar-refractivity contribution in [2.75, 3.05) is 10.6 Å². The average molecular weight is 623 g/mol. The van der Waals surface area contributed by atoms with E-state index in [0.717, 1.165) is 27.5 Å². The van der Waals surface area contributed by atoms with Gasteiger partial charge in [0, 0.05) is 22.6 Å². The van der Waals surface area contributed by atoms with Crippen LogP contribution in [0.15, 0.2) is 74.2 Å². The van der Waals surface area contributed by atoms with Gasteiger partial charge in [0.1, 0.15) is 32.9 Å². The van der Waals surface area contributed by atoms with Crippen molar-refractivity contribution in [1.82, 2.24) is 4.98 Å². The van der Waals surface area contributed by atoms with Crippen LogP contribution >= 0.6 is 55.8 Å². The first-order valence-electron chi connectivity index (χ1n) is 10.1. The molecule has 0 saturated carbocycles. The summed E-state index contributed by atoms with van der Waals surface area (Å²) in [6, 6.07) is 19.2. The van der Waals surface area contributed by atoms with Crippen molar-refractivity contribution in [3.8, 4) is 22.1 Å². The molecule has 5 rings (SSSR count). The number of amidine groups is 1. The maximum Gasteiger partial charge on any atom is 0.169 e. The van der Waals surface area contributed by atoms with E-state index in [1.54, 1.807) is 30.6 Å². The Balaban J connectivity index is 1.39. The molecule has 0 spiro atoms. The van der Waals surface area contributed by atoms with E-state index in [0.29, 0.717) is 39.7 Å². The minimum absolute atomic E-state index is 0.335. The normalized spacial score (nSPS) is 13.7. The Morgan fingerprint density at radius 1 is 1.03 bits per heavy atom. The summed E-state index contributed by atoms with van der Waals surface area (Å²) >= 11 is 13.1. The Morgan fingerprint density at radius 3 is 2.68 bits per heavy atom. The molecule has 0 bridgehead atoms. The lowest BCUT2D eigenvalue weighted by Crippen LogP contribution is -2.06. The molecule has 10 heteroatoms. The summed E-state index contributed by atoms with van der Waals surface area (Å²) in [4.78, 5) is 9.38. The van der Waals surface area contributed by atoms with Gasteiger partial charge in [0.2, 0.25) is 0 Å². The smallest absolute Gasteiger partial charge is 0.169 e. The van der Waals surface area contributed by atoms with Crippen molar-refractivity contribution >= 4 is 73.1 Å². The standard InChI is InChI=1S/C24H17Cl2IN4O2S/c1-32-21-10-17-20(30-27-31-23(17)28-15-7-8-18(25)19(26)9-15)11-22(21)33-12-16-13-34-24(29-16)14-5-3-2-4-6-14/h2-11,13H,12H2,1H3,(H,28,30,31). The van der Waals surface area contributed by atoms with E-state index in [4.69, 9.17) is 37.7 Å². The first-order chi connectivity index (χ1) is 16.6. The highest BCUT2D eigenvalue weighted by atomic mass is 127. The summed E-state index contributed by atoms with van der Waals surface area (Å²) in [5.74, 6) is 1.84. The molecule has 2 heterocycles. The van der Waals surface area contributed by atoms with Crippen LogP contribution in [0.3, 0.4) is 0 Å². The number of ether oxygens (including phenoxy) is 2. The summed E-state index contributed by atoms with van der Waals surface area (Å²) in [6.45, 7) is 0.335. The lowest BCUT2D eigenvalue weighted by atomic mass is 10.1. The average Bonchev–Trinajstić information content (AvgIpc) is 3.34. The summed E-state index contributed by atoms with van der Waals surface area (Å²) in [5, 5.41) is 3.91. The van der Waals surface area contributed by atoms with Crippen LogP contribution in [0.25, 0.3) is 10.6 Å². The fraction of sp³-hybridized carbons (Fsp3) is 0.0833. The largest absolute Gasteiger partial charge is 0.493 e. The molecule has 3 aromatic carbocycles. The zero-order valence-electron chi connectivity index (χ0n) is 17.8. The zero-order valence-corrected chi connectivity index (χ0v) is 22.2. The second-order valence-electron chi connectivity index (χ2n) is 7.14. The Morgan fingerprint density at radius 2 is 1.88 bits per heavy atom. The van der Waals surface area contributed by atoms with Crippen molar-refractivity contribution in [1.29, 1.82) is 0 Å². The van der Waals surface area contributed by atoms with Gasteiger partial charge < -0.3 is 13.0 Å². The molecule has 4 aromatic rings. The van der Waals surface area contributed by atoms with Crippen LogP contribution < -0.4 is 13.0 Å². The second kappa shape index (κ2) is 10.4. The van der Waals surface area contributed by atoms with Gasteiger partial charge >= 0.3 is 0 Å². The Kier molecular flexibility index (Phi) is 7.10. The number of nitrogens with one attached hydrogen (secondary N) is 1. The molecule has 0 saturated heterocycles. The third kappa shape index (κ3) is 5.10. The molecule has 1 aliphatic heterocycles. The van der Waals surface area contributed by atoms with Gasteiger partial charge in [-0.05, 0) is 24.3 Å². The number of hydrogen-bond donors (Lipinski definition) is 1. The summed E-state index contributed by atoms with van der Waals surface area (Å²) in [6.07, 6.45) is 0. The van der Waals surface area contributed by atoms with Crippen LogP contribution in [-0.4, -0.2) is 17.9 Å². The molecule has 34 heavy (non-hydrogen) atoms. The van der Waals surface area contributed by atoms with Crippen LogP contribution in [-0.2, 0) is 6.61 Å². The van der Waals surface area contributed by atoms with Gasteiger partial charge in [-0.15, -0.1) is 11.3 Å². The molecule has 0 aliphatic carbocycles. The van der Waals surface area contributed by atoms with Crippen molar-refractivity contribution < 1.29 is 9.47 Å². The molecule has 0 radical (unpaired) electrons. The van der Waals surface area contributed by atoms with Gasteiger partial charge in [-0.25, -0.2) is 9.98 Å². The van der Waals surface area contributed by atoms with Gasteiger partial charge in [-0.1, -0.05) is 53.5 Å². The number of aliphatic imine (C=N–C) groups is 1. The number of hydrogen-bond acceptors (Lipinski definition) is 6. The fourth-order valence-electron chi connectivity index (χ4n) is 3.24. The number of methoxy groups -OCH3 is 1. The first-order valence-corrected chi connectivity index (χ1v) is 13.8. The highest BCUT2D eigenvalue weighted by Gasteiger charge is 2.19. The number of anilines is 1. The SMILES string of the molecule is COc1cc2c(cc1OCc1csc(-c3ccccc3)n1)NI=NC2=Nc1ccc(Cl)c(Cl)c1. The van der Waals surface area contributed by atoms with Crippen LogP contribution in [0.2, 0.25) is 10.0 Å². The molecule has 1 aromatic heterocycles. The van der Waals surface area contributed by atoms with Gasteiger partial charge in [0.05, 0.1) is 34.2 Å². The Bertz CT molecular complexity index is 1410. The molecule has 0 atom stereocenters. The van der Waals surface area contributed by atoms with Gasteiger partial charge in [-0.3, -0.25) is 0 Å². The first kappa shape index (κ1) is 23.2. The number of rotatable bonds is 6. The third-order valence-corrected chi connectivity index (χ3v) is 8.10. The lowest BCUT2D eigenvalue weighted by Gasteiger charge is -2.17. The highest BCUT2D eigenvalue weighted by molar-refractivity contribution is 14.2. The Hall–Kier alpha value is -2.53. The minimum atomic E-state index is -0.653. The van der Waals surface area contributed by atoms with E-state index in [2.05, 4.69) is 11.7 Å². The molecule has 172 valence electrons. The summed E-state index contributed by atoms with van der Waals surface area (Å²) in [5.41, 5.74) is 4.38. The van der Waals surface area contributed by atoms with Crippen molar-refractivity contribution in [2.24, 2.45) is 8.14 Å². The van der Waals surface area contributed by atoms with E-state index in [-0.39, 0.29) is 0 Å². The maximum absolute atomic E-state index is 6.14. The lowest BCUT2D eigenvalue weighted by molar-refractivity contribution is 0.281. The van der Waals surface area contributed by atoms with E-state index < -0.39 is 21.3 Å². The maximum atomic E-state index is 6.14. The van der Waals surface area contributed by atoms with E-state index in [1.165, 1.54) is 0 Å². The van der Waals surface area contributed by atoms with Gasteiger partial charge in [0.15, 0.2) is 17.3 Å². The monoisotopic (exact) mass is 622 g/mol. The van der Waals surface area contributed by atoms with Crippen LogP contribution in [0.5, 0.6) is 11.5 Å². The van der Waals surface area contributed by atoms with Gasteiger partial charge in [-0.2, -0.15) is 3.15 Å². The molecule has 1 aliphatic rings. The van der Waals surface area contributed by atoms with Crippen LogP contribution in [0.4, 0.5) is 11.4 Å². The fourth-order valence-corrected chi connectivity index (χ4v) is 5.77. The van der Waals surface area contributed by atoms with Crippen molar-refractivity contribution in [3.05, 3.63) is 87.3 Å². The minimum Gasteiger partial charge on any atom is -0.493 e. The Labute approximate surface area is 221 Å². The molecular formula is C24H17Cl2IN4O2S. The third-order valence-electron chi connectivity index (χ3n) is 4.90. The predicted molar refractivity (Wildman–Crippen MR) is 148 cm³/mol. The topological polar surface area (TPSA) is 68.1 Å². The van der Waals surface area contributed by atoms with Crippen molar-refractivity contribution in [3.63, 3.8) is 0 Å². The highest BCUT2D eigenvalue weighted by Crippen LogP contribution is 2.39.